The van der Waals surface area contributed by atoms with Crippen molar-refractivity contribution in [2.24, 2.45) is 0 Å². The highest BCUT2D eigenvalue weighted by atomic mass is 16.1. The molecule has 0 unspecified atom stereocenters. The third-order valence-corrected chi connectivity index (χ3v) is 4.81. The van der Waals surface area contributed by atoms with Gasteiger partial charge >= 0.3 is 0 Å². The zero-order chi connectivity index (χ0) is 21.5. The lowest BCUT2D eigenvalue weighted by molar-refractivity contribution is -0.120. The number of rotatable bonds is 9. The lowest BCUT2D eigenvalue weighted by Gasteiger charge is -2.07. The fourth-order valence-corrected chi connectivity index (χ4v) is 3.16. The molecule has 1 aromatic carbocycles. The second-order valence-electron chi connectivity index (χ2n) is 6.99. The molecule has 9 heteroatoms. The second kappa shape index (κ2) is 9.66. The molecule has 3 heterocycles. The van der Waals surface area contributed by atoms with E-state index in [-0.39, 0.29) is 5.91 Å². The molecule has 0 saturated carbocycles. The summed E-state index contributed by atoms with van der Waals surface area (Å²) in [5.41, 5.74) is 2.86. The zero-order valence-electron chi connectivity index (χ0n) is 17.3. The van der Waals surface area contributed by atoms with Crippen LogP contribution in [0.2, 0.25) is 0 Å². The van der Waals surface area contributed by atoms with Crippen molar-refractivity contribution in [1.29, 1.82) is 0 Å². The Bertz CT molecular complexity index is 1120. The van der Waals surface area contributed by atoms with Crippen molar-refractivity contribution in [3.05, 3.63) is 73.1 Å². The molecule has 2 N–H and O–H groups in total. The minimum absolute atomic E-state index is 0.0333. The Kier molecular flexibility index (Phi) is 6.32. The number of amides is 1. The number of benzene rings is 1. The number of aromatic nitrogens is 6. The maximum Gasteiger partial charge on any atom is 0.222 e. The standard InChI is InChI=1S/C22H24N8O/c1-23-20(31)8-5-10-29-16-19(15-28-29)30-11-9-24-21(30)18-13-26-22(27-14-18)25-12-17-6-3-2-4-7-17/h2-4,6-7,9,11,13-16H,5,8,10,12H2,1H3,(H,23,31)(H,25,26,27). The quantitative estimate of drug-likeness (QED) is 0.435. The molecule has 4 aromatic rings. The van der Waals surface area contributed by atoms with E-state index in [4.69, 9.17) is 0 Å². The Morgan fingerprint density at radius 1 is 1.06 bits per heavy atom. The third kappa shape index (κ3) is 5.13. The van der Waals surface area contributed by atoms with Crippen molar-refractivity contribution < 1.29 is 4.79 Å². The van der Waals surface area contributed by atoms with Crippen LogP contribution >= 0.6 is 0 Å². The van der Waals surface area contributed by atoms with Crippen molar-refractivity contribution in [2.75, 3.05) is 12.4 Å². The third-order valence-electron chi connectivity index (χ3n) is 4.81. The number of hydrogen-bond donors (Lipinski definition) is 2. The highest BCUT2D eigenvalue weighted by Gasteiger charge is 2.11. The van der Waals surface area contributed by atoms with E-state index in [0.29, 0.717) is 25.5 Å². The summed E-state index contributed by atoms with van der Waals surface area (Å²) < 4.78 is 3.77. The fraction of sp³-hybridized carbons (Fsp3) is 0.227. The number of nitrogens with zero attached hydrogens (tertiary/aromatic N) is 6. The Morgan fingerprint density at radius 3 is 2.65 bits per heavy atom. The summed E-state index contributed by atoms with van der Waals surface area (Å²) in [5, 5.41) is 10.2. The maximum atomic E-state index is 11.4. The fourth-order valence-electron chi connectivity index (χ4n) is 3.16. The van der Waals surface area contributed by atoms with E-state index in [0.717, 1.165) is 29.1 Å². The molecule has 31 heavy (non-hydrogen) atoms. The molecule has 1 amide bonds. The Balaban J connectivity index is 1.42. The van der Waals surface area contributed by atoms with Crippen LogP contribution in [0.5, 0.6) is 0 Å². The van der Waals surface area contributed by atoms with Crippen molar-refractivity contribution in [3.63, 3.8) is 0 Å². The normalized spacial score (nSPS) is 10.7. The van der Waals surface area contributed by atoms with Gasteiger partial charge in [0.05, 0.1) is 17.4 Å². The SMILES string of the molecule is CNC(=O)CCCn1cc(-n2ccnc2-c2cnc(NCc3ccccc3)nc2)cn1. The van der Waals surface area contributed by atoms with Gasteiger partial charge in [-0.15, -0.1) is 0 Å². The van der Waals surface area contributed by atoms with Gasteiger partial charge in [-0.2, -0.15) is 5.10 Å². The molecule has 0 aliphatic rings. The number of hydrogen-bond acceptors (Lipinski definition) is 6. The summed E-state index contributed by atoms with van der Waals surface area (Å²) in [6, 6.07) is 10.1. The van der Waals surface area contributed by atoms with Crippen molar-refractivity contribution in [1.82, 2.24) is 34.6 Å². The predicted octanol–water partition coefficient (Wildman–Crippen LogP) is 2.66. The lowest BCUT2D eigenvalue weighted by atomic mass is 10.2. The van der Waals surface area contributed by atoms with Crippen LogP contribution in [0.15, 0.2) is 67.5 Å². The molecule has 158 valence electrons. The van der Waals surface area contributed by atoms with Gasteiger partial charge in [0.2, 0.25) is 11.9 Å². The van der Waals surface area contributed by atoms with Gasteiger partial charge in [0.1, 0.15) is 5.82 Å². The number of aryl methyl sites for hydroxylation is 1. The topological polar surface area (TPSA) is 103 Å². The van der Waals surface area contributed by atoms with Gasteiger partial charge in [0, 0.05) is 57.5 Å². The molecule has 0 atom stereocenters. The van der Waals surface area contributed by atoms with Gasteiger partial charge in [-0.25, -0.2) is 15.0 Å². The number of anilines is 1. The molecule has 0 saturated heterocycles. The number of carbonyl (C=O) groups excluding carboxylic acids is 1. The monoisotopic (exact) mass is 416 g/mol. The van der Waals surface area contributed by atoms with E-state index < -0.39 is 0 Å². The average molecular weight is 416 g/mol. The zero-order valence-corrected chi connectivity index (χ0v) is 17.3. The van der Waals surface area contributed by atoms with E-state index in [1.54, 1.807) is 31.8 Å². The van der Waals surface area contributed by atoms with Crippen LogP contribution in [0.4, 0.5) is 5.95 Å². The van der Waals surface area contributed by atoms with Gasteiger partial charge in [0.15, 0.2) is 0 Å². The molecule has 4 rings (SSSR count). The molecule has 0 spiro atoms. The first kappa shape index (κ1) is 20.3. The minimum atomic E-state index is 0.0333. The molecular formula is C22H24N8O. The summed E-state index contributed by atoms with van der Waals surface area (Å²) in [7, 11) is 1.64. The highest BCUT2D eigenvalue weighted by Crippen LogP contribution is 2.20. The van der Waals surface area contributed by atoms with Crippen LogP contribution in [0.3, 0.4) is 0 Å². The summed E-state index contributed by atoms with van der Waals surface area (Å²) in [4.78, 5) is 24.7. The Labute approximate surface area is 180 Å². The predicted molar refractivity (Wildman–Crippen MR) is 117 cm³/mol. The summed E-state index contributed by atoms with van der Waals surface area (Å²) in [6.45, 7) is 1.33. The van der Waals surface area contributed by atoms with Crippen LogP contribution in [0.25, 0.3) is 17.1 Å². The highest BCUT2D eigenvalue weighted by molar-refractivity contribution is 5.75. The minimum Gasteiger partial charge on any atom is -0.359 e. The lowest BCUT2D eigenvalue weighted by Crippen LogP contribution is -2.17. The summed E-state index contributed by atoms with van der Waals surface area (Å²) >= 11 is 0. The molecule has 0 radical (unpaired) electrons. The molecule has 0 bridgehead atoms. The largest absolute Gasteiger partial charge is 0.359 e. The smallest absolute Gasteiger partial charge is 0.222 e. The Hall–Kier alpha value is -4.01. The second-order valence-corrected chi connectivity index (χ2v) is 6.99. The van der Waals surface area contributed by atoms with Gasteiger partial charge < -0.3 is 10.6 Å². The first-order valence-corrected chi connectivity index (χ1v) is 10.1. The van der Waals surface area contributed by atoms with E-state index in [2.05, 4.69) is 42.8 Å². The van der Waals surface area contributed by atoms with Crippen LogP contribution in [0.1, 0.15) is 18.4 Å². The molecule has 0 aliphatic carbocycles. The average Bonchev–Trinajstić information content (AvgIpc) is 3.48. The van der Waals surface area contributed by atoms with Crippen molar-refractivity contribution in [2.45, 2.75) is 25.9 Å². The van der Waals surface area contributed by atoms with Crippen LogP contribution < -0.4 is 10.6 Å². The van der Waals surface area contributed by atoms with Crippen LogP contribution in [-0.2, 0) is 17.9 Å². The van der Waals surface area contributed by atoms with E-state index in [1.165, 1.54) is 0 Å². The number of nitrogens with one attached hydrogen (secondary N) is 2. The Morgan fingerprint density at radius 2 is 1.87 bits per heavy atom. The molecule has 0 aliphatic heterocycles. The molecular weight excluding hydrogens is 392 g/mol. The van der Waals surface area contributed by atoms with Gasteiger partial charge in [-0.1, -0.05) is 30.3 Å². The van der Waals surface area contributed by atoms with Crippen LogP contribution in [0, 0.1) is 0 Å². The summed E-state index contributed by atoms with van der Waals surface area (Å²) in [5.74, 6) is 1.33. The van der Waals surface area contributed by atoms with Gasteiger partial charge in [-0.05, 0) is 12.0 Å². The van der Waals surface area contributed by atoms with E-state index in [1.807, 2.05) is 39.8 Å². The molecule has 9 nitrogen and oxygen atoms in total. The molecule has 3 aromatic heterocycles. The van der Waals surface area contributed by atoms with E-state index in [9.17, 15) is 4.79 Å². The maximum absolute atomic E-state index is 11.4. The first-order valence-electron chi connectivity index (χ1n) is 10.1. The van der Waals surface area contributed by atoms with E-state index >= 15 is 0 Å². The summed E-state index contributed by atoms with van der Waals surface area (Å²) in [6.07, 6.45) is 12.0. The van der Waals surface area contributed by atoms with Gasteiger partial charge in [0.25, 0.3) is 0 Å². The van der Waals surface area contributed by atoms with Gasteiger partial charge in [-0.3, -0.25) is 14.0 Å². The molecule has 0 fully saturated rings. The number of carbonyl (C=O) groups is 1. The van der Waals surface area contributed by atoms with Crippen LogP contribution in [-0.4, -0.2) is 42.3 Å². The first-order chi connectivity index (χ1) is 15.2. The number of imidazole rings is 1. The van der Waals surface area contributed by atoms with Crippen molar-refractivity contribution in [3.8, 4) is 17.1 Å². The van der Waals surface area contributed by atoms with Crippen molar-refractivity contribution >= 4 is 11.9 Å².